The first-order chi connectivity index (χ1) is 24.6. The number of nitrogens with one attached hydrogen (secondary N) is 1. The topological polar surface area (TPSA) is 272 Å². The van der Waals surface area contributed by atoms with Crippen molar-refractivity contribution in [3.8, 4) is 28.8 Å². The van der Waals surface area contributed by atoms with Crippen LogP contribution in [0.3, 0.4) is 0 Å². The molecular weight excluding hydrogens is 774 g/mol. The van der Waals surface area contributed by atoms with E-state index < -0.39 is 48.6 Å². The number of hydrogen-bond acceptors (Lipinski definition) is 13. The average Bonchev–Trinajstić information content (AvgIpc) is 3.56. The largest absolute Gasteiger partial charge is 3.00 e. The van der Waals surface area contributed by atoms with E-state index in [0.29, 0.717) is 17.1 Å². The fourth-order valence-corrected chi connectivity index (χ4v) is 5.39. The number of aromatic amines is 1. The Morgan fingerprint density at radius 3 is 2.02 bits per heavy atom. The molecule has 4 aromatic carbocycles. The van der Waals surface area contributed by atoms with Gasteiger partial charge in [-0.1, -0.05) is 65.6 Å². The van der Waals surface area contributed by atoms with Crippen molar-refractivity contribution in [1.82, 2.24) is 19.6 Å². The molecule has 269 valence electrons. The number of non-ortho nitro benzene ring substituents is 1. The van der Waals surface area contributed by atoms with E-state index in [2.05, 4.69) is 30.7 Å². The number of aromatic nitrogens is 4. The number of halogens is 1. The number of nitrogens with zero attached hydrogens (tertiary/aromatic N) is 8. The molecule has 2 heterocycles. The van der Waals surface area contributed by atoms with E-state index in [0.717, 1.165) is 35.0 Å². The van der Waals surface area contributed by atoms with Crippen LogP contribution in [0.2, 0.25) is 5.02 Å². The summed E-state index contributed by atoms with van der Waals surface area (Å²) in [6.07, 6.45) is 0. The van der Waals surface area contributed by atoms with Crippen molar-refractivity contribution < 1.29 is 50.6 Å². The standard InChI is InChI=1S/C16H13ClN4O5S.C16H13N5O4.Cr/c1-9-14(16(23)21(20-9)11-5-3-2-4-6-11)19-18-12-7-10(17)8-13(15(12)22)27(24,25)26;1-10-15(16(23)20(19-10)11-5-3-2-4-6-11)18-17-13-9-12(21(24)25)7-8-14(13)22;/h2-8,22-23H,1H3,(H,24,25,26);2-9,19,22H,1H3;/q;;+3/p-3. The van der Waals surface area contributed by atoms with Crippen LogP contribution in [0.25, 0.3) is 11.4 Å². The number of hydrogen-bond donors (Lipinski definition) is 2. The molecule has 53 heavy (non-hydrogen) atoms. The van der Waals surface area contributed by atoms with Gasteiger partial charge in [-0.25, -0.2) is 9.36 Å². The summed E-state index contributed by atoms with van der Waals surface area (Å²) in [6.45, 7) is 3.18. The molecule has 0 unspecified atom stereocenters. The first-order valence-electron chi connectivity index (χ1n) is 14.6. The fourth-order valence-electron chi connectivity index (χ4n) is 4.50. The van der Waals surface area contributed by atoms with Crippen molar-refractivity contribution in [2.45, 2.75) is 18.7 Å². The molecule has 2 N–H and O–H groups in total. The zero-order valence-corrected chi connectivity index (χ0v) is 30.0. The van der Waals surface area contributed by atoms with Crippen molar-refractivity contribution in [3.63, 3.8) is 0 Å². The molecule has 0 fully saturated rings. The van der Waals surface area contributed by atoms with Gasteiger partial charge in [0.1, 0.15) is 5.69 Å². The van der Waals surface area contributed by atoms with E-state index in [1.807, 2.05) is 6.07 Å². The van der Waals surface area contributed by atoms with Crippen LogP contribution in [0.15, 0.2) is 121 Å². The second-order valence-electron chi connectivity index (χ2n) is 10.6. The van der Waals surface area contributed by atoms with Crippen LogP contribution in [0, 0.1) is 24.0 Å². The van der Waals surface area contributed by atoms with Gasteiger partial charge in [-0.2, -0.15) is 23.7 Å². The number of azo groups is 2. The number of nitro groups is 1. The Kier molecular flexibility index (Phi) is 12.3. The van der Waals surface area contributed by atoms with Crippen molar-refractivity contribution in [3.05, 3.63) is 128 Å². The van der Waals surface area contributed by atoms with Crippen molar-refractivity contribution in [1.29, 1.82) is 0 Å². The molecule has 0 amide bonds. The van der Waals surface area contributed by atoms with Crippen LogP contribution in [-0.2, 0) is 27.5 Å². The zero-order valence-electron chi connectivity index (χ0n) is 27.1. The second kappa shape index (κ2) is 16.5. The summed E-state index contributed by atoms with van der Waals surface area (Å²) in [5, 5.41) is 68.9. The number of aryl methyl sites for hydroxylation is 2. The van der Waals surface area contributed by atoms with Gasteiger partial charge in [-0.05, 0) is 50.2 Å². The van der Waals surface area contributed by atoms with Gasteiger partial charge < -0.3 is 15.3 Å². The Balaban J connectivity index is 0.000000233. The van der Waals surface area contributed by atoms with Crippen LogP contribution in [0.4, 0.5) is 28.4 Å². The van der Waals surface area contributed by atoms with Gasteiger partial charge in [0.2, 0.25) is 0 Å². The molecule has 1 radical (unpaired) electrons. The van der Waals surface area contributed by atoms with Gasteiger partial charge in [-0.15, -0.1) is 10.2 Å². The molecule has 0 aliphatic rings. The van der Waals surface area contributed by atoms with E-state index >= 15 is 0 Å². The number of nitro benzene ring substituents is 1. The van der Waals surface area contributed by atoms with E-state index in [-0.39, 0.29) is 50.8 Å². The van der Waals surface area contributed by atoms with Crippen LogP contribution in [0.1, 0.15) is 11.4 Å². The molecule has 6 aromatic rings. The molecule has 2 aromatic heterocycles. The first kappa shape index (κ1) is 39.6. The molecule has 0 spiro atoms. The van der Waals surface area contributed by atoms with Gasteiger partial charge in [-0.3, -0.25) is 24.6 Å². The Morgan fingerprint density at radius 2 is 1.42 bits per heavy atom. The number of rotatable bonds is 8. The minimum absolute atomic E-state index is 0. The van der Waals surface area contributed by atoms with Crippen LogP contribution >= 0.6 is 11.6 Å². The molecule has 0 atom stereocenters. The third-order valence-corrected chi connectivity index (χ3v) is 8.07. The summed E-state index contributed by atoms with van der Waals surface area (Å²) in [4.78, 5) is 21.7. The van der Waals surface area contributed by atoms with Gasteiger partial charge in [0.05, 0.1) is 44.0 Å². The van der Waals surface area contributed by atoms with Crippen molar-refractivity contribution in [2.24, 2.45) is 20.5 Å². The smallest absolute Gasteiger partial charge is 0.871 e. The molecule has 18 nitrogen and oxygen atoms in total. The van der Waals surface area contributed by atoms with Crippen LogP contribution in [-0.4, -0.2) is 37.5 Å². The summed E-state index contributed by atoms with van der Waals surface area (Å²) in [5.41, 5.74) is 0.395. The van der Waals surface area contributed by atoms with E-state index in [9.17, 15) is 38.6 Å². The van der Waals surface area contributed by atoms with Gasteiger partial charge in [0.15, 0.2) is 5.69 Å². The van der Waals surface area contributed by atoms with Crippen LogP contribution in [0.5, 0.6) is 17.4 Å². The molecule has 0 aliphatic carbocycles. The summed E-state index contributed by atoms with van der Waals surface area (Å²) in [6, 6.07) is 22.5. The fraction of sp³-hybridized carbons (Fsp3) is 0.0625. The average molecular weight is 797 g/mol. The SMILES string of the molecule is Cc1[nH]n(-c2ccccc2)c(=O)c1N=Nc1cc([N+](=O)[O-])ccc1[O-].Cc1nn(-c2ccccc2)c([O-])c1N=Nc1cc(Cl)cc(S(=O)(=O)O)c1[O-].[Cr+3]. The quantitative estimate of drug-likeness (QED) is 0.0843. The van der Waals surface area contributed by atoms with Gasteiger partial charge >= 0.3 is 17.4 Å². The maximum Gasteiger partial charge on any atom is 3.00 e. The summed E-state index contributed by atoms with van der Waals surface area (Å²) in [7, 11) is -4.79. The Morgan fingerprint density at radius 1 is 0.830 bits per heavy atom. The number of para-hydroxylation sites is 2. The Bertz CT molecular complexity index is 2520. The van der Waals surface area contributed by atoms with Crippen molar-refractivity contribution in [2.75, 3.05) is 0 Å². The number of benzene rings is 4. The monoisotopic (exact) mass is 796 g/mol. The predicted octanol–water partition coefficient (Wildman–Crippen LogP) is 5.51. The van der Waals surface area contributed by atoms with Gasteiger partial charge in [0, 0.05) is 23.0 Å². The van der Waals surface area contributed by atoms with Crippen molar-refractivity contribution >= 4 is 50.2 Å². The van der Waals surface area contributed by atoms with E-state index in [4.69, 9.17) is 16.2 Å². The molecule has 21 heteroatoms. The molecule has 0 bridgehead atoms. The maximum atomic E-state index is 12.5. The molecule has 0 aliphatic heterocycles. The van der Waals surface area contributed by atoms with E-state index in [1.165, 1.54) is 11.6 Å². The predicted molar refractivity (Wildman–Crippen MR) is 180 cm³/mol. The normalized spacial score (nSPS) is 11.3. The third kappa shape index (κ3) is 9.02. The minimum atomic E-state index is -4.79. The number of H-pyrrole nitrogens is 1. The first-order valence-corrected chi connectivity index (χ1v) is 16.4. The zero-order chi connectivity index (χ0) is 37.7. The summed E-state index contributed by atoms with van der Waals surface area (Å²) in [5.74, 6) is -2.18. The molecule has 0 saturated heterocycles. The third-order valence-electron chi connectivity index (χ3n) is 6.99. The molecule has 0 saturated carbocycles. The van der Waals surface area contributed by atoms with Gasteiger partial charge in [0.25, 0.3) is 21.4 Å². The Hall–Kier alpha value is -6.17. The van der Waals surface area contributed by atoms with Crippen LogP contribution < -0.4 is 20.9 Å². The Labute approximate surface area is 315 Å². The minimum Gasteiger partial charge on any atom is -0.871 e. The summed E-state index contributed by atoms with van der Waals surface area (Å²) >= 11 is 5.76. The maximum absolute atomic E-state index is 12.5. The second-order valence-corrected chi connectivity index (χ2v) is 12.4. The summed E-state index contributed by atoms with van der Waals surface area (Å²) < 4.78 is 34.1. The molecule has 6 rings (SSSR count). The molecular formula is C32H23ClCrN9O9S. The van der Waals surface area contributed by atoms with E-state index in [1.54, 1.807) is 61.5 Å².